The molecule has 0 spiro atoms. The molecule has 2 aliphatic rings. The quantitative estimate of drug-likeness (QED) is 0.516. The van der Waals surface area contributed by atoms with Crippen LogP contribution in [0, 0.1) is 11.8 Å². The van der Waals surface area contributed by atoms with Crippen LogP contribution < -0.4 is 5.56 Å². The van der Waals surface area contributed by atoms with E-state index in [-0.39, 0.29) is 43.6 Å². The Morgan fingerprint density at radius 2 is 1.96 bits per heavy atom. The number of aromatic nitrogens is 2. The summed E-state index contributed by atoms with van der Waals surface area (Å²) in [5, 5.41) is 21.0. The van der Waals surface area contributed by atoms with Gasteiger partial charge in [0.2, 0.25) is 0 Å². The third-order valence-corrected chi connectivity index (χ3v) is 6.98. The van der Waals surface area contributed by atoms with E-state index in [4.69, 9.17) is 13.8 Å². The number of nitrogens with one attached hydrogen (secondary N) is 1. The van der Waals surface area contributed by atoms with E-state index in [1.54, 1.807) is 13.8 Å². The first-order chi connectivity index (χ1) is 13.4. The summed E-state index contributed by atoms with van der Waals surface area (Å²) in [6.45, 7) is 4.04. The van der Waals surface area contributed by atoms with Gasteiger partial charge in [-0.15, -0.1) is 0 Å². The molecule has 3 N–H and O–H groups in total. The second kappa shape index (κ2) is 8.98. The number of allylic oxidation sites excluding steroid dienone is 1. The van der Waals surface area contributed by atoms with Crippen LogP contribution in [-0.2, 0) is 24.8 Å². The summed E-state index contributed by atoms with van der Waals surface area (Å²) < 4.78 is 28.3. The molecule has 0 radical (unpaired) electrons. The van der Waals surface area contributed by atoms with E-state index in [0.29, 0.717) is 24.1 Å². The Bertz CT molecular complexity index is 814. The molecule has 3 rings (SSSR count). The zero-order valence-corrected chi connectivity index (χ0v) is 16.9. The van der Waals surface area contributed by atoms with Crippen molar-refractivity contribution in [3.8, 4) is 0 Å². The molecule has 0 bridgehead atoms. The Morgan fingerprint density at radius 1 is 1.25 bits per heavy atom. The summed E-state index contributed by atoms with van der Waals surface area (Å²) in [5.74, 6) is -0.687. The van der Waals surface area contributed by atoms with Gasteiger partial charge in [0.15, 0.2) is 0 Å². The van der Waals surface area contributed by atoms with Crippen LogP contribution in [0.5, 0.6) is 0 Å². The fraction of sp³-hybridized carbons (Fsp3) is 0.667. The van der Waals surface area contributed by atoms with Crippen LogP contribution >= 0.6 is 7.60 Å². The molecular formula is C18H27N2O7P. The molecule has 0 unspecified atom stereocenters. The minimum Gasteiger partial charge on any atom is -0.390 e. The fourth-order valence-corrected chi connectivity index (χ4v) is 5.26. The molecule has 28 heavy (non-hydrogen) atoms. The molecule has 0 amide bonds. The van der Waals surface area contributed by atoms with E-state index < -0.39 is 19.8 Å². The number of rotatable bonds is 9. The van der Waals surface area contributed by atoms with Gasteiger partial charge in [0.1, 0.15) is 6.35 Å². The average Bonchev–Trinajstić information content (AvgIpc) is 3.19. The maximum absolute atomic E-state index is 12.4. The summed E-state index contributed by atoms with van der Waals surface area (Å²) >= 11 is 0. The SMILES string of the molecule is CCOP(=O)(COC[C@H]1C[C@@H](C2=CCc3c2nc[nH]c3=O)[C@H](O)[C@@H]1O)OCC. The summed E-state index contributed by atoms with van der Waals surface area (Å²) in [6, 6.07) is 0. The van der Waals surface area contributed by atoms with E-state index in [0.717, 1.165) is 5.57 Å². The lowest BCUT2D eigenvalue weighted by Gasteiger charge is -2.20. The van der Waals surface area contributed by atoms with E-state index in [2.05, 4.69) is 9.97 Å². The van der Waals surface area contributed by atoms with Crippen LogP contribution in [0.25, 0.3) is 5.57 Å². The Hall–Kier alpha value is -1.35. The van der Waals surface area contributed by atoms with Gasteiger partial charge in [0.05, 0.1) is 44.0 Å². The van der Waals surface area contributed by atoms with Crippen LogP contribution in [-0.4, -0.2) is 58.6 Å². The highest BCUT2D eigenvalue weighted by atomic mass is 31.2. The molecule has 1 fully saturated rings. The van der Waals surface area contributed by atoms with Crippen molar-refractivity contribution >= 4 is 13.2 Å². The molecule has 1 heterocycles. The molecule has 9 nitrogen and oxygen atoms in total. The molecule has 0 aromatic carbocycles. The first kappa shape index (κ1) is 21.4. The second-order valence-electron chi connectivity index (χ2n) is 6.95. The molecular weight excluding hydrogens is 387 g/mol. The van der Waals surface area contributed by atoms with Gasteiger partial charge in [-0.05, 0) is 32.3 Å². The topological polar surface area (TPSA) is 131 Å². The maximum atomic E-state index is 12.4. The number of hydrogen-bond donors (Lipinski definition) is 3. The minimum atomic E-state index is -3.32. The van der Waals surface area contributed by atoms with E-state index in [1.165, 1.54) is 6.33 Å². The first-order valence-corrected chi connectivity index (χ1v) is 11.2. The van der Waals surface area contributed by atoms with Crippen molar-refractivity contribution in [2.75, 3.05) is 26.2 Å². The smallest absolute Gasteiger partial charge is 0.356 e. The second-order valence-corrected chi connectivity index (χ2v) is 8.95. The lowest BCUT2D eigenvalue weighted by atomic mass is 9.93. The van der Waals surface area contributed by atoms with Crippen molar-refractivity contribution in [3.63, 3.8) is 0 Å². The maximum Gasteiger partial charge on any atom is 0.356 e. The predicted octanol–water partition coefficient (Wildman–Crippen LogP) is 1.31. The largest absolute Gasteiger partial charge is 0.390 e. The van der Waals surface area contributed by atoms with Crippen molar-refractivity contribution < 1.29 is 28.6 Å². The van der Waals surface area contributed by atoms with Crippen molar-refractivity contribution in [1.29, 1.82) is 0 Å². The van der Waals surface area contributed by atoms with Gasteiger partial charge in [-0.2, -0.15) is 0 Å². The van der Waals surface area contributed by atoms with Crippen LogP contribution in [0.1, 0.15) is 31.5 Å². The standard InChI is InChI=1S/C18H27N2O7P/c1-3-26-28(24,27-4-2)10-25-8-11-7-14(17(22)16(11)21)12-5-6-13-15(12)19-9-20-18(13)23/h5,9,11,14,16-17,21-22H,3-4,6-8,10H2,1-2H3,(H,19,20,23)/t11-,14+,16-,17+/m1/s1. The number of aliphatic hydroxyl groups excluding tert-OH is 2. The normalized spacial score (nSPS) is 27.1. The number of hydrogen-bond acceptors (Lipinski definition) is 8. The predicted molar refractivity (Wildman–Crippen MR) is 102 cm³/mol. The highest BCUT2D eigenvalue weighted by Crippen LogP contribution is 2.48. The highest BCUT2D eigenvalue weighted by molar-refractivity contribution is 7.53. The number of fused-ring (bicyclic) bond motifs is 1. The van der Waals surface area contributed by atoms with Crippen LogP contribution in [0.2, 0.25) is 0 Å². The van der Waals surface area contributed by atoms with Crippen molar-refractivity contribution in [2.24, 2.45) is 11.8 Å². The van der Waals surface area contributed by atoms with Crippen molar-refractivity contribution in [2.45, 2.75) is 38.9 Å². The number of H-pyrrole nitrogens is 1. The lowest BCUT2D eigenvalue weighted by molar-refractivity contribution is -0.00938. The van der Waals surface area contributed by atoms with Gasteiger partial charge < -0.3 is 29.0 Å². The van der Waals surface area contributed by atoms with Gasteiger partial charge in [-0.3, -0.25) is 9.36 Å². The third kappa shape index (κ3) is 4.30. The van der Waals surface area contributed by atoms with Crippen molar-refractivity contribution in [1.82, 2.24) is 9.97 Å². The Morgan fingerprint density at radius 3 is 2.64 bits per heavy atom. The monoisotopic (exact) mass is 414 g/mol. The third-order valence-electron chi connectivity index (χ3n) is 5.18. The molecule has 2 aliphatic carbocycles. The number of ether oxygens (including phenoxy) is 1. The van der Waals surface area contributed by atoms with E-state index >= 15 is 0 Å². The molecule has 1 saturated carbocycles. The summed E-state index contributed by atoms with van der Waals surface area (Å²) in [6.07, 6.45) is 1.97. The van der Waals surface area contributed by atoms with Crippen molar-refractivity contribution in [3.05, 3.63) is 34.0 Å². The number of aliphatic hydroxyl groups is 2. The highest BCUT2D eigenvalue weighted by Gasteiger charge is 2.45. The van der Waals surface area contributed by atoms with Gasteiger partial charge >= 0.3 is 7.60 Å². The van der Waals surface area contributed by atoms with E-state index in [9.17, 15) is 19.6 Å². The van der Waals surface area contributed by atoms with Crippen LogP contribution in [0.4, 0.5) is 0 Å². The molecule has 4 atom stereocenters. The Kier molecular flexibility index (Phi) is 6.85. The molecule has 0 saturated heterocycles. The van der Waals surface area contributed by atoms with Crippen LogP contribution in [0.15, 0.2) is 17.2 Å². The van der Waals surface area contributed by atoms with Crippen LogP contribution in [0.3, 0.4) is 0 Å². The summed E-state index contributed by atoms with van der Waals surface area (Å²) in [4.78, 5) is 18.7. The number of nitrogens with zero attached hydrogens (tertiary/aromatic N) is 1. The van der Waals surface area contributed by atoms with Gasteiger partial charge in [0.25, 0.3) is 5.56 Å². The first-order valence-electron chi connectivity index (χ1n) is 9.49. The summed E-state index contributed by atoms with van der Waals surface area (Å²) in [5.41, 5.74) is 1.75. The van der Waals surface area contributed by atoms with E-state index in [1.807, 2.05) is 6.08 Å². The molecule has 10 heteroatoms. The average molecular weight is 414 g/mol. The zero-order valence-electron chi connectivity index (χ0n) is 16.0. The molecule has 1 aromatic rings. The Labute approximate surface area is 163 Å². The Balaban J connectivity index is 1.63. The fourth-order valence-electron chi connectivity index (χ4n) is 3.92. The minimum absolute atomic E-state index is 0.113. The number of aromatic amines is 1. The molecule has 0 aliphatic heterocycles. The summed E-state index contributed by atoms with van der Waals surface area (Å²) in [7, 11) is -3.32. The van der Waals surface area contributed by atoms with Gasteiger partial charge in [-0.25, -0.2) is 4.98 Å². The lowest BCUT2D eigenvalue weighted by Crippen LogP contribution is -2.30. The molecule has 1 aromatic heterocycles. The zero-order chi connectivity index (χ0) is 20.3. The van der Waals surface area contributed by atoms with Gasteiger partial charge in [0, 0.05) is 17.4 Å². The van der Waals surface area contributed by atoms with Gasteiger partial charge in [-0.1, -0.05) is 6.08 Å². The molecule has 156 valence electrons.